The fourth-order valence-electron chi connectivity index (χ4n) is 4.06. The lowest BCUT2D eigenvalue weighted by Crippen LogP contribution is -2.51. The topological polar surface area (TPSA) is 131 Å². The number of likely N-dealkylation sites (N-methyl/N-ethyl adjacent to an activating group) is 1. The van der Waals surface area contributed by atoms with Gasteiger partial charge in [-0.2, -0.15) is 0 Å². The summed E-state index contributed by atoms with van der Waals surface area (Å²) < 4.78 is 5.32. The van der Waals surface area contributed by atoms with E-state index in [0.717, 1.165) is 22.3 Å². The number of hydrogen-bond donors (Lipinski definition) is 3. The molecule has 2 unspecified atom stereocenters. The maximum Gasteiger partial charge on any atom is 0.408 e. The molecule has 0 bridgehead atoms. The highest BCUT2D eigenvalue weighted by Gasteiger charge is 2.34. The van der Waals surface area contributed by atoms with Gasteiger partial charge in [-0.15, -0.1) is 0 Å². The second kappa shape index (κ2) is 12.6. The Hall–Kier alpha value is -3.88. The lowest BCUT2D eigenvalue weighted by Gasteiger charge is -2.32. The molecule has 9 nitrogen and oxygen atoms in total. The van der Waals surface area contributed by atoms with Crippen molar-refractivity contribution in [3.8, 4) is 0 Å². The van der Waals surface area contributed by atoms with Gasteiger partial charge in [-0.1, -0.05) is 36.4 Å². The minimum Gasteiger partial charge on any atom is -0.444 e. The number of carbonyl (C=O) groups is 4. The molecule has 0 aromatic heterocycles. The fourth-order valence-corrected chi connectivity index (χ4v) is 4.06. The number of benzene rings is 2. The van der Waals surface area contributed by atoms with E-state index >= 15 is 0 Å². The van der Waals surface area contributed by atoms with Gasteiger partial charge in [-0.05, 0) is 82.7 Å². The maximum absolute atomic E-state index is 13.8. The molecular formula is C29H40N4O5. The van der Waals surface area contributed by atoms with Crippen LogP contribution in [0.2, 0.25) is 0 Å². The van der Waals surface area contributed by atoms with E-state index in [1.54, 1.807) is 26.8 Å². The summed E-state index contributed by atoms with van der Waals surface area (Å²) in [6.07, 6.45) is -0.991. The van der Waals surface area contributed by atoms with Gasteiger partial charge in [-0.25, -0.2) is 4.79 Å². The van der Waals surface area contributed by atoms with Crippen LogP contribution in [-0.2, 0) is 19.1 Å². The minimum absolute atomic E-state index is 0.0457. The minimum atomic E-state index is -1.13. The molecule has 9 heteroatoms. The van der Waals surface area contributed by atoms with Gasteiger partial charge in [0.2, 0.25) is 11.8 Å². The monoisotopic (exact) mass is 524 g/mol. The van der Waals surface area contributed by atoms with Crippen LogP contribution in [0.4, 0.5) is 10.5 Å². The van der Waals surface area contributed by atoms with Crippen LogP contribution in [0.1, 0.15) is 67.5 Å². The van der Waals surface area contributed by atoms with Gasteiger partial charge in [0.1, 0.15) is 17.7 Å². The molecule has 0 heterocycles. The molecule has 38 heavy (non-hydrogen) atoms. The Kier molecular flexibility index (Phi) is 10.0. The van der Waals surface area contributed by atoms with Gasteiger partial charge in [0.25, 0.3) is 5.91 Å². The molecule has 2 atom stereocenters. The molecule has 0 fully saturated rings. The molecule has 0 radical (unpaired) electrons. The van der Waals surface area contributed by atoms with Gasteiger partial charge >= 0.3 is 6.09 Å². The number of rotatable bonds is 9. The van der Waals surface area contributed by atoms with E-state index in [9.17, 15) is 19.2 Å². The third-order valence-electron chi connectivity index (χ3n) is 6.23. The van der Waals surface area contributed by atoms with Crippen molar-refractivity contribution in [2.75, 3.05) is 12.4 Å². The highest BCUT2D eigenvalue weighted by atomic mass is 16.6. The summed E-state index contributed by atoms with van der Waals surface area (Å²) in [6.45, 7) is 12.8. The number of para-hydroxylation sites is 1. The Labute approximate surface area is 225 Å². The summed E-state index contributed by atoms with van der Waals surface area (Å²) in [4.78, 5) is 52.8. The van der Waals surface area contributed by atoms with Crippen molar-refractivity contribution in [2.45, 2.75) is 79.0 Å². The molecule has 0 spiro atoms. The number of carbonyl (C=O) groups excluding carboxylic acids is 4. The number of hydrogen-bond acceptors (Lipinski definition) is 5. The van der Waals surface area contributed by atoms with Gasteiger partial charge in [0, 0.05) is 19.2 Å². The summed E-state index contributed by atoms with van der Waals surface area (Å²) in [6, 6.07) is 9.12. The second-order valence-electron chi connectivity index (χ2n) is 10.7. The molecule has 2 rings (SSSR count). The summed E-state index contributed by atoms with van der Waals surface area (Å²) in [5, 5.41) is 5.54. The largest absolute Gasteiger partial charge is 0.444 e. The number of alkyl carbamates (subject to hydrolysis) is 1. The van der Waals surface area contributed by atoms with Crippen LogP contribution in [0.15, 0.2) is 36.4 Å². The molecule has 0 aliphatic rings. The highest BCUT2D eigenvalue weighted by Crippen LogP contribution is 2.27. The van der Waals surface area contributed by atoms with Crippen LogP contribution in [0.25, 0.3) is 0 Å². The van der Waals surface area contributed by atoms with E-state index in [-0.39, 0.29) is 12.8 Å². The molecule has 2 aromatic carbocycles. The maximum atomic E-state index is 13.8. The zero-order valence-corrected chi connectivity index (χ0v) is 23.6. The zero-order chi connectivity index (χ0) is 28.8. The Morgan fingerprint density at radius 2 is 1.55 bits per heavy atom. The number of amides is 4. The van der Waals surface area contributed by atoms with Gasteiger partial charge in [-0.3, -0.25) is 14.4 Å². The molecule has 0 saturated carbocycles. The van der Waals surface area contributed by atoms with Crippen LogP contribution < -0.4 is 16.4 Å². The Bertz CT molecular complexity index is 1180. The first kappa shape index (κ1) is 30.3. The number of nitrogens with zero attached hydrogens (tertiary/aromatic N) is 1. The SMILES string of the molecule is Cc1ccc(C(C(=O)Nc2c(C)cccc2C)N(C)C(=O)C(CCC(N)=O)NC(=O)OC(C)(C)C)cc1C. The normalized spacial score (nSPS) is 12.7. The summed E-state index contributed by atoms with van der Waals surface area (Å²) in [5.74, 6) is -1.58. The lowest BCUT2D eigenvalue weighted by molar-refractivity contribution is -0.139. The van der Waals surface area contributed by atoms with E-state index in [1.165, 1.54) is 11.9 Å². The molecule has 0 saturated heterocycles. The predicted molar refractivity (Wildman–Crippen MR) is 148 cm³/mol. The van der Waals surface area contributed by atoms with Gasteiger partial charge in [0.05, 0.1) is 0 Å². The average Bonchev–Trinajstić information content (AvgIpc) is 2.79. The molecule has 0 aliphatic heterocycles. The second-order valence-corrected chi connectivity index (χ2v) is 10.7. The van der Waals surface area contributed by atoms with Gasteiger partial charge in [0.15, 0.2) is 0 Å². The smallest absolute Gasteiger partial charge is 0.408 e. The summed E-state index contributed by atoms with van der Waals surface area (Å²) >= 11 is 0. The van der Waals surface area contributed by atoms with Crippen molar-refractivity contribution < 1.29 is 23.9 Å². The van der Waals surface area contributed by atoms with Crippen molar-refractivity contribution in [3.63, 3.8) is 0 Å². The van der Waals surface area contributed by atoms with Crippen molar-refractivity contribution in [3.05, 3.63) is 64.2 Å². The molecule has 4 N–H and O–H groups in total. The standard InChI is InChI=1S/C29H40N4O5/c1-17-12-13-21(16-20(17)4)25(26(35)32-24-18(2)10-9-11-19(24)3)33(8)27(36)22(14-15-23(30)34)31-28(37)38-29(5,6)7/h9-13,16,22,25H,14-15H2,1-8H3,(H2,30,34)(H,31,37)(H,32,35). The molecule has 0 aliphatic carbocycles. The average molecular weight is 525 g/mol. The van der Waals surface area contributed by atoms with Crippen LogP contribution >= 0.6 is 0 Å². The Balaban J connectivity index is 2.47. The van der Waals surface area contributed by atoms with Crippen LogP contribution in [0.3, 0.4) is 0 Å². The van der Waals surface area contributed by atoms with E-state index in [2.05, 4.69) is 10.6 Å². The van der Waals surface area contributed by atoms with Crippen molar-refractivity contribution in [2.24, 2.45) is 5.73 Å². The van der Waals surface area contributed by atoms with Crippen molar-refractivity contribution in [1.29, 1.82) is 0 Å². The molecule has 206 valence electrons. The third-order valence-corrected chi connectivity index (χ3v) is 6.23. The zero-order valence-electron chi connectivity index (χ0n) is 23.6. The number of primary amides is 1. The summed E-state index contributed by atoms with van der Waals surface area (Å²) in [7, 11) is 1.50. The number of aryl methyl sites for hydroxylation is 4. The third kappa shape index (κ3) is 8.33. The van der Waals surface area contributed by atoms with Crippen LogP contribution in [0, 0.1) is 27.7 Å². The highest BCUT2D eigenvalue weighted by molar-refractivity contribution is 5.99. The lowest BCUT2D eigenvalue weighted by atomic mass is 9.98. The number of ether oxygens (including phenoxy) is 1. The van der Waals surface area contributed by atoms with Crippen molar-refractivity contribution >= 4 is 29.5 Å². The molecular weight excluding hydrogens is 484 g/mol. The number of nitrogens with one attached hydrogen (secondary N) is 2. The quantitative estimate of drug-likeness (QED) is 0.452. The fraction of sp³-hybridized carbons (Fsp3) is 0.448. The van der Waals surface area contributed by atoms with Crippen LogP contribution in [0.5, 0.6) is 0 Å². The van der Waals surface area contributed by atoms with E-state index in [4.69, 9.17) is 10.5 Å². The Morgan fingerprint density at radius 3 is 2.08 bits per heavy atom. The van der Waals surface area contributed by atoms with Crippen LogP contribution in [-0.4, -0.2) is 47.4 Å². The number of nitrogens with two attached hydrogens (primary N) is 1. The first-order valence-electron chi connectivity index (χ1n) is 12.6. The van der Waals surface area contributed by atoms with Crippen molar-refractivity contribution in [1.82, 2.24) is 10.2 Å². The molecule has 2 aromatic rings. The van der Waals surface area contributed by atoms with E-state index < -0.39 is 41.5 Å². The van der Waals surface area contributed by atoms with E-state index in [0.29, 0.717) is 11.3 Å². The number of anilines is 1. The molecule has 4 amide bonds. The van der Waals surface area contributed by atoms with Gasteiger partial charge < -0.3 is 26.0 Å². The Morgan fingerprint density at radius 1 is 0.947 bits per heavy atom. The first-order valence-corrected chi connectivity index (χ1v) is 12.6. The predicted octanol–water partition coefficient (Wildman–Crippen LogP) is 4.22. The van der Waals surface area contributed by atoms with E-state index in [1.807, 2.05) is 58.0 Å². The first-order chi connectivity index (χ1) is 17.6. The summed E-state index contributed by atoms with van der Waals surface area (Å²) in [5.41, 5.74) is 9.59.